The van der Waals surface area contributed by atoms with Crippen molar-refractivity contribution in [1.82, 2.24) is 5.32 Å². The zero-order chi connectivity index (χ0) is 38.6. The summed E-state index contributed by atoms with van der Waals surface area (Å²) >= 11 is 0. The van der Waals surface area contributed by atoms with Gasteiger partial charge >= 0.3 is 0 Å². The van der Waals surface area contributed by atoms with Crippen LogP contribution in [0.5, 0.6) is 0 Å². The van der Waals surface area contributed by atoms with Crippen molar-refractivity contribution in [3.05, 3.63) is 48.6 Å². The Kier molecular flexibility index (Phi) is 34.1. The minimum absolute atomic E-state index is 0.0107. The summed E-state index contributed by atoms with van der Waals surface area (Å²) in [6, 6.07) is -0.909. The molecule has 1 amide bonds. The van der Waals surface area contributed by atoms with Crippen LogP contribution in [-0.2, 0) is 18.4 Å². The van der Waals surface area contributed by atoms with Gasteiger partial charge in [-0.2, -0.15) is 0 Å². The zero-order valence-corrected chi connectivity index (χ0v) is 35.1. The fraction of sp³-hybridized carbons (Fsp3) is 0.791. The number of aliphatic hydroxyl groups excluding tert-OH is 1. The highest BCUT2D eigenvalue weighted by Crippen LogP contribution is 2.38. The van der Waals surface area contributed by atoms with Crippen LogP contribution in [0, 0.1) is 0 Å². The Bertz CT molecular complexity index is 991. The molecule has 3 unspecified atom stereocenters. The second kappa shape index (κ2) is 35.2. The smallest absolute Gasteiger partial charge is 0.268 e. The van der Waals surface area contributed by atoms with Gasteiger partial charge in [0.25, 0.3) is 7.82 Å². The van der Waals surface area contributed by atoms with E-state index in [-0.39, 0.29) is 12.5 Å². The molecule has 0 aliphatic carbocycles. The number of aliphatic hydroxyl groups is 1. The minimum Gasteiger partial charge on any atom is -0.756 e. The Balaban J connectivity index is 4.56. The SMILES string of the molecule is CCCCCC/C=C\C/C=C\CCCCCCCC(=O)NC(COP(=O)([O-])OCC[N+](C)(C)C)C(O)/C=C/CC/C=C/CCCCCCCCCC. The first-order valence-electron chi connectivity index (χ1n) is 21.0. The topological polar surface area (TPSA) is 108 Å². The van der Waals surface area contributed by atoms with E-state index in [2.05, 4.69) is 55.6 Å². The molecule has 0 aliphatic heterocycles. The van der Waals surface area contributed by atoms with Crippen LogP contribution in [0.15, 0.2) is 48.6 Å². The highest BCUT2D eigenvalue weighted by molar-refractivity contribution is 7.45. The second-order valence-corrected chi connectivity index (χ2v) is 16.7. The predicted molar refractivity (Wildman–Crippen MR) is 219 cm³/mol. The molecule has 0 aromatic carbocycles. The summed E-state index contributed by atoms with van der Waals surface area (Å²) < 4.78 is 23.1. The number of unbranched alkanes of at least 4 members (excludes halogenated alkanes) is 18. The number of phosphoric acid groups is 1. The molecule has 0 saturated carbocycles. The van der Waals surface area contributed by atoms with Gasteiger partial charge in [-0.15, -0.1) is 0 Å². The van der Waals surface area contributed by atoms with Gasteiger partial charge in [0.15, 0.2) is 0 Å². The van der Waals surface area contributed by atoms with Gasteiger partial charge in [-0.1, -0.05) is 146 Å². The molecular weight excluding hydrogens is 671 g/mol. The Morgan fingerprint density at radius 2 is 1.13 bits per heavy atom. The Morgan fingerprint density at radius 1 is 0.673 bits per heavy atom. The number of phosphoric ester groups is 1. The Labute approximate surface area is 320 Å². The second-order valence-electron chi connectivity index (χ2n) is 15.3. The van der Waals surface area contributed by atoms with Crippen molar-refractivity contribution in [3.63, 3.8) is 0 Å². The zero-order valence-electron chi connectivity index (χ0n) is 34.2. The maximum absolute atomic E-state index is 12.8. The molecule has 0 heterocycles. The van der Waals surface area contributed by atoms with Gasteiger partial charge in [0, 0.05) is 6.42 Å². The molecule has 0 fully saturated rings. The maximum Gasteiger partial charge on any atom is 0.268 e. The molecule has 0 spiro atoms. The number of carbonyl (C=O) groups is 1. The van der Waals surface area contributed by atoms with Gasteiger partial charge in [-0.05, 0) is 64.2 Å². The van der Waals surface area contributed by atoms with E-state index in [9.17, 15) is 19.4 Å². The van der Waals surface area contributed by atoms with Crippen molar-refractivity contribution in [3.8, 4) is 0 Å². The fourth-order valence-corrected chi connectivity index (χ4v) is 6.33. The molecule has 8 nitrogen and oxygen atoms in total. The minimum atomic E-state index is -4.60. The molecule has 9 heteroatoms. The molecule has 0 aromatic rings. The quantitative estimate of drug-likeness (QED) is 0.0283. The third-order valence-corrected chi connectivity index (χ3v) is 9.98. The van der Waals surface area contributed by atoms with Gasteiger partial charge in [0.05, 0.1) is 39.9 Å². The Hall–Kier alpha value is -1.54. The van der Waals surface area contributed by atoms with Crippen LogP contribution in [0.4, 0.5) is 0 Å². The van der Waals surface area contributed by atoms with Crippen molar-refractivity contribution >= 4 is 13.7 Å². The number of nitrogens with zero attached hydrogens (tertiary/aromatic N) is 1. The number of rotatable bonds is 37. The van der Waals surface area contributed by atoms with Crippen LogP contribution in [0.25, 0.3) is 0 Å². The molecule has 0 bridgehead atoms. The van der Waals surface area contributed by atoms with Crippen LogP contribution in [0.2, 0.25) is 0 Å². The molecule has 0 rings (SSSR count). The molecule has 304 valence electrons. The lowest BCUT2D eigenvalue weighted by Crippen LogP contribution is -2.45. The number of likely N-dealkylation sites (N-methyl/N-ethyl adjacent to an activating group) is 1. The lowest BCUT2D eigenvalue weighted by molar-refractivity contribution is -0.870. The first kappa shape index (κ1) is 50.5. The third kappa shape index (κ3) is 36.8. The summed E-state index contributed by atoms with van der Waals surface area (Å²) in [6.07, 6.45) is 42.9. The summed E-state index contributed by atoms with van der Waals surface area (Å²) in [5.41, 5.74) is 0. The van der Waals surface area contributed by atoms with E-state index in [0.29, 0.717) is 17.4 Å². The van der Waals surface area contributed by atoms with Crippen molar-refractivity contribution in [2.45, 2.75) is 180 Å². The number of quaternary nitrogens is 1. The molecular formula is C43H81N2O6P. The molecule has 52 heavy (non-hydrogen) atoms. The van der Waals surface area contributed by atoms with Crippen LogP contribution < -0.4 is 10.2 Å². The summed E-state index contributed by atoms with van der Waals surface area (Å²) in [5, 5.41) is 13.7. The molecule has 0 radical (unpaired) electrons. The normalized spacial score (nSPS) is 15.0. The van der Waals surface area contributed by atoms with Crippen LogP contribution in [-0.4, -0.2) is 68.5 Å². The number of nitrogens with one attached hydrogen (secondary N) is 1. The monoisotopic (exact) mass is 753 g/mol. The van der Waals surface area contributed by atoms with Crippen LogP contribution in [0.3, 0.4) is 0 Å². The summed E-state index contributed by atoms with van der Waals surface area (Å²) in [6.45, 7) is 4.57. The lowest BCUT2D eigenvalue weighted by Gasteiger charge is -2.29. The molecule has 3 atom stereocenters. The van der Waals surface area contributed by atoms with Crippen molar-refractivity contribution in [2.75, 3.05) is 40.9 Å². The predicted octanol–water partition coefficient (Wildman–Crippen LogP) is 10.7. The lowest BCUT2D eigenvalue weighted by atomic mass is 10.1. The van der Waals surface area contributed by atoms with E-state index >= 15 is 0 Å². The average molecular weight is 753 g/mol. The maximum atomic E-state index is 12.8. The largest absolute Gasteiger partial charge is 0.756 e. The molecule has 0 aliphatic rings. The number of hydrogen-bond acceptors (Lipinski definition) is 6. The highest BCUT2D eigenvalue weighted by atomic mass is 31.2. The molecule has 0 aromatic heterocycles. The van der Waals surface area contributed by atoms with E-state index in [1.54, 1.807) is 6.08 Å². The Morgan fingerprint density at radius 3 is 1.69 bits per heavy atom. The van der Waals surface area contributed by atoms with Gasteiger partial charge in [0.2, 0.25) is 5.91 Å². The standard InChI is InChI=1S/C43H81N2O6P/c1-6-8-10-12-14-16-18-20-22-23-25-27-29-31-33-35-37-43(47)44-41(40-51-52(48,49)50-39-38-45(3,4)5)42(46)36-34-32-30-28-26-24-21-19-17-15-13-11-9-7-2/h16,18,22-23,26,28,34,36,41-42,46H,6-15,17,19-21,24-25,27,29-33,35,37-40H2,1-5H3,(H-,44,47,48,49)/b18-16-,23-22-,28-26+,36-34+. The van der Waals surface area contributed by atoms with Gasteiger partial charge in [-0.3, -0.25) is 9.36 Å². The number of allylic oxidation sites excluding steroid dienone is 7. The number of hydrogen-bond donors (Lipinski definition) is 2. The van der Waals surface area contributed by atoms with Crippen molar-refractivity contribution in [1.29, 1.82) is 0 Å². The van der Waals surface area contributed by atoms with Crippen LogP contribution in [0.1, 0.15) is 168 Å². The van der Waals surface area contributed by atoms with Crippen molar-refractivity contribution in [2.24, 2.45) is 0 Å². The van der Waals surface area contributed by atoms with Gasteiger partial charge in [-0.25, -0.2) is 0 Å². The average Bonchev–Trinajstić information content (AvgIpc) is 3.09. The van der Waals surface area contributed by atoms with Crippen molar-refractivity contribution < 1.29 is 32.9 Å². The number of carbonyl (C=O) groups excluding carboxylic acids is 1. The van der Waals surface area contributed by atoms with Gasteiger partial charge in [0.1, 0.15) is 13.2 Å². The van der Waals surface area contributed by atoms with Gasteiger partial charge < -0.3 is 28.8 Å². The molecule has 2 N–H and O–H groups in total. The van der Waals surface area contributed by atoms with Crippen LogP contribution >= 0.6 is 7.82 Å². The summed E-state index contributed by atoms with van der Waals surface area (Å²) in [7, 11) is 1.23. The van der Waals surface area contributed by atoms with E-state index in [4.69, 9.17) is 9.05 Å². The third-order valence-electron chi connectivity index (χ3n) is 9.01. The summed E-state index contributed by atoms with van der Waals surface area (Å²) in [4.78, 5) is 25.2. The highest BCUT2D eigenvalue weighted by Gasteiger charge is 2.23. The molecule has 0 saturated heterocycles. The van der Waals surface area contributed by atoms with E-state index in [1.165, 1.54) is 83.5 Å². The fourth-order valence-electron chi connectivity index (χ4n) is 5.61. The van der Waals surface area contributed by atoms with E-state index in [0.717, 1.165) is 64.2 Å². The van der Waals surface area contributed by atoms with E-state index < -0.39 is 26.6 Å². The van der Waals surface area contributed by atoms with E-state index in [1.807, 2.05) is 27.2 Å². The number of amides is 1. The summed E-state index contributed by atoms with van der Waals surface area (Å²) in [5.74, 6) is -0.224. The first-order chi connectivity index (χ1) is 25.0. The first-order valence-corrected chi connectivity index (χ1v) is 22.5.